The Morgan fingerprint density at radius 3 is 2.94 bits per heavy atom. The zero-order chi connectivity index (χ0) is 13.3. The standard InChI is InChI=1S/C12H11ClFNO2S/c1-3-17-12(16)11-6(2)15-10-8(13)4-7(14)5-9(10)18-11/h4-5,15H,3H2,1-2H3. The molecule has 0 unspecified atom stereocenters. The van der Waals surface area contributed by atoms with Gasteiger partial charge < -0.3 is 10.1 Å². The first kappa shape index (κ1) is 13.2. The Kier molecular flexibility index (Phi) is 3.82. The number of ether oxygens (including phenoxy) is 1. The summed E-state index contributed by atoms with van der Waals surface area (Å²) in [6, 6.07) is 2.57. The lowest BCUT2D eigenvalue weighted by molar-refractivity contribution is -0.137. The van der Waals surface area contributed by atoms with Crippen molar-refractivity contribution in [1.29, 1.82) is 0 Å². The van der Waals surface area contributed by atoms with Gasteiger partial charge in [-0.3, -0.25) is 0 Å². The van der Waals surface area contributed by atoms with Crippen molar-refractivity contribution in [2.75, 3.05) is 11.9 Å². The SMILES string of the molecule is CCOC(=O)C1=C(C)Nc2c(Cl)cc(F)cc2S1. The second-order valence-electron chi connectivity index (χ2n) is 3.66. The van der Waals surface area contributed by atoms with Gasteiger partial charge in [0.1, 0.15) is 10.7 Å². The molecule has 1 aliphatic rings. The van der Waals surface area contributed by atoms with E-state index in [4.69, 9.17) is 16.3 Å². The van der Waals surface area contributed by atoms with Crippen LogP contribution in [0.2, 0.25) is 5.02 Å². The van der Waals surface area contributed by atoms with Crippen molar-refractivity contribution in [2.24, 2.45) is 0 Å². The summed E-state index contributed by atoms with van der Waals surface area (Å²) in [5.74, 6) is -0.852. The Labute approximate surface area is 113 Å². The lowest BCUT2D eigenvalue weighted by Gasteiger charge is -2.22. The van der Waals surface area contributed by atoms with E-state index in [1.165, 1.54) is 12.1 Å². The lowest BCUT2D eigenvalue weighted by atomic mass is 10.2. The Morgan fingerprint density at radius 2 is 2.28 bits per heavy atom. The molecule has 0 aliphatic carbocycles. The molecule has 0 bridgehead atoms. The molecular formula is C12H11ClFNO2S. The van der Waals surface area contributed by atoms with Crippen molar-refractivity contribution >= 4 is 35.0 Å². The van der Waals surface area contributed by atoms with Gasteiger partial charge in [-0.25, -0.2) is 9.18 Å². The van der Waals surface area contributed by atoms with E-state index in [0.717, 1.165) is 11.8 Å². The highest BCUT2D eigenvalue weighted by Gasteiger charge is 2.24. The van der Waals surface area contributed by atoms with Crippen molar-refractivity contribution in [2.45, 2.75) is 18.7 Å². The minimum absolute atomic E-state index is 0.291. The monoisotopic (exact) mass is 287 g/mol. The molecule has 0 saturated carbocycles. The van der Waals surface area contributed by atoms with Gasteiger partial charge in [-0.05, 0) is 26.0 Å². The normalized spacial score (nSPS) is 14.0. The molecule has 1 N–H and O–H groups in total. The number of anilines is 1. The number of allylic oxidation sites excluding steroid dienone is 1. The maximum absolute atomic E-state index is 13.3. The first-order valence-electron chi connectivity index (χ1n) is 5.34. The average Bonchev–Trinajstić information content (AvgIpc) is 2.29. The summed E-state index contributed by atoms with van der Waals surface area (Å²) in [7, 11) is 0. The fourth-order valence-corrected chi connectivity index (χ4v) is 2.88. The van der Waals surface area contributed by atoms with E-state index in [-0.39, 0.29) is 0 Å². The maximum Gasteiger partial charge on any atom is 0.346 e. The van der Waals surface area contributed by atoms with Gasteiger partial charge in [0, 0.05) is 10.6 Å². The highest BCUT2D eigenvalue weighted by atomic mass is 35.5. The molecular weight excluding hydrogens is 277 g/mol. The van der Waals surface area contributed by atoms with Crippen LogP contribution >= 0.6 is 23.4 Å². The van der Waals surface area contributed by atoms with Crippen molar-refractivity contribution in [3.63, 3.8) is 0 Å². The van der Waals surface area contributed by atoms with Gasteiger partial charge >= 0.3 is 5.97 Å². The van der Waals surface area contributed by atoms with Gasteiger partial charge in [0.25, 0.3) is 0 Å². The molecule has 1 aromatic rings. The van der Waals surface area contributed by atoms with Gasteiger partial charge in [0.2, 0.25) is 0 Å². The number of carbonyl (C=O) groups is 1. The molecule has 6 heteroatoms. The van der Waals surface area contributed by atoms with E-state index in [2.05, 4.69) is 5.32 Å². The van der Waals surface area contributed by atoms with Gasteiger partial charge in [-0.15, -0.1) is 0 Å². The summed E-state index contributed by atoms with van der Waals surface area (Å²) in [5, 5.41) is 3.30. The third-order valence-electron chi connectivity index (χ3n) is 2.34. The molecule has 1 heterocycles. The molecule has 0 atom stereocenters. The minimum Gasteiger partial charge on any atom is -0.462 e. The second kappa shape index (κ2) is 5.20. The first-order valence-corrected chi connectivity index (χ1v) is 6.54. The molecule has 2 rings (SSSR count). The zero-order valence-electron chi connectivity index (χ0n) is 9.84. The van der Waals surface area contributed by atoms with E-state index >= 15 is 0 Å². The summed E-state index contributed by atoms with van der Waals surface area (Å²) in [5.41, 5.74) is 1.27. The molecule has 0 spiro atoms. The Hall–Kier alpha value is -1.20. The van der Waals surface area contributed by atoms with Crippen LogP contribution in [-0.2, 0) is 9.53 Å². The van der Waals surface area contributed by atoms with Crippen LogP contribution in [0.15, 0.2) is 27.6 Å². The van der Waals surface area contributed by atoms with Gasteiger partial charge in [-0.2, -0.15) is 0 Å². The van der Waals surface area contributed by atoms with Crippen LogP contribution in [0.4, 0.5) is 10.1 Å². The van der Waals surface area contributed by atoms with Crippen molar-refractivity contribution in [1.82, 2.24) is 0 Å². The van der Waals surface area contributed by atoms with E-state index in [1.807, 2.05) is 0 Å². The number of benzene rings is 1. The number of thioether (sulfide) groups is 1. The zero-order valence-corrected chi connectivity index (χ0v) is 11.4. The Balaban J connectivity index is 2.37. The number of hydrogen-bond acceptors (Lipinski definition) is 4. The van der Waals surface area contributed by atoms with E-state index in [9.17, 15) is 9.18 Å². The number of halogens is 2. The Bertz CT molecular complexity index is 545. The largest absolute Gasteiger partial charge is 0.462 e. The van der Waals surface area contributed by atoms with Crippen LogP contribution in [-0.4, -0.2) is 12.6 Å². The number of hydrogen-bond donors (Lipinski definition) is 1. The van der Waals surface area contributed by atoms with E-state index in [1.54, 1.807) is 13.8 Å². The molecule has 0 amide bonds. The van der Waals surface area contributed by atoms with Crippen molar-refractivity contribution in [3.8, 4) is 0 Å². The van der Waals surface area contributed by atoms with Crippen LogP contribution in [0.3, 0.4) is 0 Å². The summed E-state index contributed by atoms with van der Waals surface area (Å²) < 4.78 is 18.2. The molecule has 0 aromatic heterocycles. The van der Waals surface area contributed by atoms with Crippen LogP contribution in [0.25, 0.3) is 0 Å². The van der Waals surface area contributed by atoms with Crippen LogP contribution in [0.5, 0.6) is 0 Å². The predicted molar refractivity (Wildman–Crippen MR) is 70.2 cm³/mol. The van der Waals surface area contributed by atoms with Gasteiger partial charge in [-0.1, -0.05) is 23.4 Å². The van der Waals surface area contributed by atoms with Crippen LogP contribution in [0.1, 0.15) is 13.8 Å². The molecule has 0 fully saturated rings. The summed E-state index contributed by atoms with van der Waals surface area (Å²) in [6.07, 6.45) is 0. The van der Waals surface area contributed by atoms with Gasteiger partial charge in [0.05, 0.1) is 17.3 Å². The van der Waals surface area contributed by atoms with Crippen molar-refractivity contribution in [3.05, 3.63) is 33.6 Å². The number of fused-ring (bicyclic) bond motifs is 1. The summed E-state index contributed by atoms with van der Waals surface area (Å²) in [6.45, 7) is 3.79. The highest BCUT2D eigenvalue weighted by molar-refractivity contribution is 8.04. The number of carbonyl (C=O) groups excluding carboxylic acids is 1. The quantitative estimate of drug-likeness (QED) is 0.840. The highest BCUT2D eigenvalue weighted by Crippen LogP contribution is 2.43. The third-order valence-corrected chi connectivity index (χ3v) is 3.86. The molecule has 1 aromatic carbocycles. The van der Waals surface area contributed by atoms with Crippen molar-refractivity contribution < 1.29 is 13.9 Å². The molecule has 0 radical (unpaired) electrons. The van der Waals surface area contributed by atoms with Gasteiger partial charge in [0.15, 0.2) is 0 Å². The fourth-order valence-electron chi connectivity index (χ4n) is 1.57. The average molecular weight is 288 g/mol. The molecule has 96 valence electrons. The molecule has 18 heavy (non-hydrogen) atoms. The van der Waals surface area contributed by atoms with Crippen LogP contribution < -0.4 is 5.32 Å². The summed E-state index contributed by atoms with van der Waals surface area (Å²) in [4.78, 5) is 12.7. The molecule has 0 saturated heterocycles. The first-order chi connectivity index (χ1) is 8.52. The summed E-state index contributed by atoms with van der Waals surface area (Å²) >= 11 is 7.11. The third kappa shape index (κ3) is 2.47. The van der Waals surface area contributed by atoms with E-state index < -0.39 is 11.8 Å². The maximum atomic E-state index is 13.3. The Morgan fingerprint density at radius 1 is 1.56 bits per heavy atom. The predicted octanol–water partition coefficient (Wildman–Crippen LogP) is 3.79. The second-order valence-corrected chi connectivity index (χ2v) is 5.12. The number of esters is 1. The number of nitrogens with one attached hydrogen (secondary N) is 1. The topological polar surface area (TPSA) is 38.3 Å². The molecule has 1 aliphatic heterocycles. The molecule has 3 nitrogen and oxygen atoms in total. The van der Waals surface area contributed by atoms with Crippen LogP contribution in [0, 0.1) is 5.82 Å². The number of rotatable bonds is 2. The smallest absolute Gasteiger partial charge is 0.346 e. The lowest BCUT2D eigenvalue weighted by Crippen LogP contribution is -2.14. The van der Waals surface area contributed by atoms with E-state index in [0.29, 0.717) is 32.8 Å². The minimum atomic E-state index is -0.434. The fraction of sp³-hybridized carbons (Fsp3) is 0.250.